The van der Waals surface area contributed by atoms with Crippen molar-refractivity contribution in [2.45, 2.75) is 44.6 Å². The maximum absolute atomic E-state index is 12.9. The van der Waals surface area contributed by atoms with E-state index in [1.54, 1.807) is 17.0 Å². The Labute approximate surface area is 217 Å². The minimum Gasteiger partial charge on any atom is -0.481 e. The number of likely N-dealkylation sites (tertiary alicyclic amines) is 1. The summed E-state index contributed by atoms with van der Waals surface area (Å²) in [6.07, 6.45) is 2.71. The molecule has 0 radical (unpaired) electrons. The van der Waals surface area contributed by atoms with Crippen LogP contribution in [0.4, 0.5) is 5.69 Å². The van der Waals surface area contributed by atoms with Gasteiger partial charge in [-0.3, -0.25) is 14.4 Å². The molecule has 10 heteroatoms. The van der Waals surface area contributed by atoms with Crippen molar-refractivity contribution in [3.63, 3.8) is 0 Å². The Kier molecular flexibility index (Phi) is 11.2. The zero-order valence-corrected chi connectivity index (χ0v) is 21.0. The first-order valence-corrected chi connectivity index (χ1v) is 11.8. The lowest BCUT2D eigenvalue weighted by molar-refractivity contribution is -0.142. The van der Waals surface area contributed by atoms with Crippen LogP contribution in [0.15, 0.2) is 59.6 Å². The molecular formula is C26H34ClN5O4. The van der Waals surface area contributed by atoms with Gasteiger partial charge >= 0.3 is 5.97 Å². The van der Waals surface area contributed by atoms with Crippen molar-refractivity contribution in [3.05, 3.63) is 65.7 Å². The van der Waals surface area contributed by atoms with E-state index in [-0.39, 0.29) is 42.6 Å². The number of carbonyl (C=O) groups is 3. The normalized spacial score (nSPS) is 16.8. The number of rotatable bonds is 12. The summed E-state index contributed by atoms with van der Waals surface area (Å²) in [5.41, 5.74) is 13.6. The molecule has 0 bridgehead atoms. The quantitative estimate of drug-likeness (QED) is 0.251. The molecule has 0 unspecified atom stereocenters. The SMILES string of the molecule is Cl.NC(N)=Nc1ccc(CCC(=O)NC[C@@H]2C[C@@H](CC(=O)O)C(=O)N2CCCc2ccccc2)cc1. The molecule has 2 atom stereocenters. The number of amides is 2. The monoisotopic (exact) mass is 515 g/mol. The van der Waals surface area contributed by atoms with Gasteiger partial charge in [-0.25, -0.2) is 4.99 Å². The highest BCUT2D eigenvalue weighted by Crippen LogP contribution is 2.27. The molecule has 0 aliphatic carbocycles. The third kappa shape index (κ3) is 8.88. The molecule has 1 fully saturated rings. The minimum atomic E-state index is -0.983. The number of aliphatic imine (C=N–C) groups is 1. The van der Waals surface area contributed by atoms with E-state index in [9.17, 15) is 19.5 Å². The second-order valence-electron chi connectivity index (χ2n) is 8.81. The van der Waals surface area contributed by atoms with E-state index in [0.717, 1.165) is 18.4 Å². The number of halogens is 1. The molecular weight excluding hydrogens is 482 g/mol. The molecule has 2 aromatic carbocycles. The van der Waals surface area contributed by atoms with Gasteiger partial charge in [0.1, 0.15) is 0 Å². The highest BCUT2D eigenvalue weighted by Gasteiger charge is 2.39. The lowest BCUT2D eigenvalue weighted by atomic mass is 10.0. The molecule has 1 aliphatic rings. The standard InChI is InChI=1S/C26H33N5O4.ClH/c27-26(28)30-21-11-8-19(9-12-21)10-13-23(32)29-17-22-15-20(16-24(33)34)25(35)31(22)14-4-7-18-5-2-1-3-6-18;/h1-3,5-6,8-9,11-12,20,22H,4,7,10,13-17H2,(H,29,32)(H,33,34)(H4,27,28,30);1H/t20-,22-;/m0./s1. The van der Waals surface area contributed by atoms with Gasteiger partial charge in [0.2, 0.25) is 11.8 Å². The topological polar surface area (TPSA) is 151 Å². The molecule has 1 heterocycles. The van der Waals surface area contributed by atoms with Crippen LogP contribution >= 0.6 is 12.4 Å². The Morgan fingerprint density at radius 3 is 2.33 bits per heavy atom. The fourth-order valence-electron chi connectivity index (χ4n) is 4.40. The van der Waals surface area contributed by atoms with Gasteiger partial charge in [-0.1, -0.05) is 42.5 Å². The number of aliphatic carboxylic acids is 1. The average Bonchev–Trinajstić information content (AvgIpc) is 3.11. The molecule has 1 saturated heterocycles. The van der Waals surface area contributed by atoms with Crippen molar-refractivity contribution in [1.29, 1.82) is 0 Å². The van der Waals surface area contributed by atoms with Crippen LogP contribution in [-0.2, 0) is 27.2 Å². The molecule has 0 aromatic heterocycles. The Morgan fingerprint density at radius 1 is 1.03 bits per heavy atom. The summed E-state index contributed by atoms with van der Waals surface area (Å²) in [7, 11) is 0. The number of nitrogens with two attached hydrogens (primary N) is 2. The van der Waals surface area contributed by atoms with Gasteiger partial charge in [0.05, 0.1) is 18.0 Å². The maximum Gasteiger partial charge on any atom is 0.304 e. The van der Waals surface area contributed by atoms with Gasteiger partial charge in [-0.05, 0) is 48.9 Å². The fourth-order valence-corrected chi connectivity index (χ4v) is 4.40. The number of hydrogen-bond donors (Lipinski definition) is 4. The highest BCUT2D eigenvalue weighted by molar-refractivity contribution is 5.86. The molecule has 0 spiro atoms. The number of carbonyl (C=O) groups excluding carboxylic acids is 2. The van der Waals surface area contributed by atoms with Gasteiger partial charge in [0.25, 0.3) is 0 Å². The number of nitrogens with zero attached hydrogens (tertiary/aromatic N) is 2. The molecule has 36 heavy (non-hydrogen) atoms. The smallest absolute Gasteiger partial charge is 0.304 e. The van der Waals surface area contributed by atoms with Crippen molar-refractivity contribution in [3.8, 4) is 0 Å². The van der Waals surface area contributed by atoms with Crippen LogP contribution in [0.25, 0.3) is 0 Å². The van der Waals surface area contributed by atoms with E-state index < -0.39 is 11.9 Å². The number of nitrogens with one attached hydrogen (secondary N) is 1. The molecule has 3 rings (SSSR count). The summed E-state index contributed by atoms with van der Waals surface area (Å²) in [6, 6.07) is 17.1. The van der Waals surface area contributed by atoms with Gasteiger partial charge in [-0.2, -0.15) is 0 Å². The van der Waals surface area contributed by atoms with E-state index >= 15 is 0 Å². The number of benzene rings is 2. The van der Waals surface area contributed by atoms with Crippen molar-refractivity contribution in [1.82, 2.24) is 10.2 Å². The highest BCUT2D eigenvalue weighted by atomic mass is 35.5. The predicted octanol–water partition coefficient (Wildman–Crippen LogP) is 2.39. The second kappa shape index (κ2) is 14.1. The van der Waals surface area contributed by atoms with Crippen LogP contribution in [0.3, 0.4) is 0 Å². The Hall–Kier alpha value is -3.59. The minimum absolute atomic E-state index is 0. The largest absolute Gasteiger partial charge is 0.481 e. The first-order chi connectivity index (χ1) is 16.8. The Balaban J connectivity index is 0.00000456. The summed E-state index contributed by atoms with van der Waals surface area (Å²) in [6.45, 7) is 0.849. The van der Waals surface area contributed by atoms with E-state index in [1.807, 2.05) is 42.5 Å². The van der Waals surface area contributed by atoms with Crippen LogP contribution < -0.4 is 16.8 Å². The summed E-state index contributed by atoms with van der Waals surface area (Å²) in [4.78, 5) is 42.3. The van der Waals surface area contributed by atoms with E-state index in [1.165, 1.54) is 5.56 Å². The molecule has 1 aliphatic heterocycles. The van der Waals surface area contributed by atoms with Crippen LogP contribution in [0.2, 0.25) is 0 Å². The molecule has 9 nitrogen and oxygen atoms in total. The number of carboxylic acid groups (broad SMARTS) is 1. The maximum atomic E-state index is 12.9. The summed E-state index contributed by atoms with van der Waals surface area (Å²) in [5, 5.41) is 12.1. The molecule has 0 saturated carbocycles. The average molecular weight is 516 g/mol. The van der Waals surface area contributed by atoms with E-state index in [2.05, 4.69) is 10.3 Å². The fraction of sp³-hybridized carbons (Fsp3) is 0.385. The lowest BCUT2D eigenvalue weighted by Gasteiger charge is -2.25. The first-order valence-electron chi connectivity index (χ1n) is 11.8. The van der Waals surface area contributed by atoms with Gasteiger partial charge in [0, 0.05) is 25.6 Å². The van der Waals surface area contributed by atoms with Crippen LogP contribution in [0, 0.1) is 5.92 Å². The van der Waals surface area contributed by atoms with Crippen molar-refractivity contribution in [2.24, 2.45) is 22.4 Å². The molecule has 2 aromatic rings. The molecule has 194 valence electrons. The number of carboxylic acids is 1. The third-order valence-electron chi connectivity index (χ3n) is 6.13. The number of hydrogen-bond acceptors (Lipinski definition) is 4. The third-order valence-corrected chi connectivity index (χ3v) is 6.13. The second-order valence-corrected chi connectivity index (χ2v) is 8.81. The van der Waals surface area contributed by atoms with Crippen molar-refractivity contribution in [2.75, 3.05) is 13.1 Å². The van der Waals surface area contributed by atoms with Crippen LogP contribution in [-0.4, -0.2) is 52.9 Å². The van der Waals surface area contributed by atoms with Gasteiger partial charge in [-0.15, -0.1) is 12.4 Å². The van der Waals surface area contributed by atoms with E-state index in [4.69, 9.17) is 11.5 Å². The van der Waals surface area contributed by atoms with Crippen LogP contribution in [0.5, 0.6) is 0 Å². The van der Waals surface area contributed by atoms with E-state index in [0.29, 0.717) is 38.0 Å². The summed E-state index contributed by atoms with van der Waals surface area (Å²) >= 11 is 0. The zero-order valence-electron chi connectivity index (χ0n) is 20.1. The first kappa shape index (κ1) is 28.6. The number of aryl methyl sites for hydroxylation is 2. The number of guanidine groups is 1. The molecule has 6 N–H and O–H groups in total. The lowest BCUT2D eigenvalue weighted by Crippen LogP contribution is -2.42. The zero-order chi connectivity index (χ0) is 25.2. The van der Waals surface area contributed by atoms with Gasteiger partial charge < -0.3 is 26.8 Å². The van der Waals surface area contributed by atoms with Crippen molar-refractivity contribution < 1.29 is 19.5 Å². The Morgan fingerprint density at radius 2 is 1.69 bits per heavy atom. The van der Waals surface area contributed by atoms with Gasteiger partial charge in [0.15, 0.2) is 5.96 Å². The van der Waals surface area contributed by atoms with Crippen molar-refractivity contribution >= 4 is 41.8 Å². The van der Waals surface area contributed by atoms with Crippen LogP contribution in [0.1, 0.15) is 36.8 Å². The summed E-state index contributed by atoms with van der Waals surface area (Å²) in [5.74, 6) is -1.79. The molecule has 2 amide bonds. The summed E-state index contributed by atoms with van der Waals surface area (Å²) < 4.78 is 0. The predicted molar refractivity (Wildman–Crippen MR) is 141 cm³/mol. The Bertz CT molecular complexity index is 1040.